The Kier molecular flexibility index (Phi) is 6.37. The van der Waals surface area contributed by atoms with E-state index in [0.717, 1.165) is 23.9 Å². The number of rotatable bonds is 6. The predicted molar refractivity (Wildman–Crippen MR) is 106 cm³/mol. The Labute approximate surface area is 178 Å². The van der Waals surface area contributed by atoms with Crippen LogP contribution in [0.2, 0.25) is 0 Å². The number of carboxylic acids is 1. The van der Waals surface area contributed by atoms with E-state index in [1.54, 1.807) is 0 Å². The molecule has 0 bridgehead atoms. The SMILES string of the molecule is NC(Cc1ccc(Oc2ccc(C=C3SC(=O)NC3=O)cc2)c(C(F)(F)F)c1)C(=O)O. The second kappa shape index (κ2) is 8.82. The van der Waals surface area contributed by atoms with Crippen molar-refractivity contribution >= 4 is 35.0 Å². The summed E-state index contributed by atoms with van der Waals surface area (Å²) in [5, 5.41) is 10.5. The maximum absolute atomic E-state index is 13.5. The highest BCUT2D eigenvalue weighted by Gasteiger charge is 2.35. The van der Waals surface area contributed by atoms with Crippen molar-refractivity contribution in [2.45, 2.75) is 18.6 Å². The Morgan fingerprint density at radius 2 is 1.87 bits per heavy atom. The van der Waals surface area contributed by atoms with Crippen LogP contribution in [0.15, 0.2) is 47.4 Å². The number of carbonyl (C=O) groups is 3. The molecular weight excluding hydrogens is 437 g/mol. The average Bonchev–Trinajstić information content (AvgIpc) is 3.00. The summed E-state index contributed by atoms with van der Waals surface area (Å²) >= 11 is 0.747. The van der Waals surface area contributed by atoms with E-state index in [1.807, 2.05) is 0 Å². The molecule has 2 aromatic carbocycles. The number of benzene rings is 2. The number of amides is 2. The number of carboxylic acid groups (broad SMARTS) is 1. The largest absolute Gasteiger partial charge is 0.480 e. The lowest BCUT2D eigenvalue weighted by Gasteiger charge is -2.16. The van der Waals surface area contributed by atoms with Crippen LogP contribution in [0, 0.1) is 0 Å². The first-order chi connectivity index (χ1) is 14.5. The summed E-state index contributed by atoms with van der Waals surface area (Å²) in [7, 11) is 0. The van der Waals surface area contributed by atoms with E-state index in [0.29, 0.717) is 5.56 Å². The summed E-state index contributed by atoms with van der Waals surface area (Å²) < 4.78 is 45.8. The lowest BCUT2D eigenvalue weighted by molar-refractivity contribution is -0.139. The third-order valence-corrected chi connectivity index (χ3v) is 4.98. The van der Waals surface area contributed by atoms with E-state index < -0.39 is 40.6 Å². The molecular formula is C20H15F3N2O5S. The number of hydrogen-bond acceptors (Lipinski definition) is 6. The molecule has 7 nitrogen and oxygen atoms in total. The minimum Gasteiger partial charge on any atom is -0.480 e. The molecule has 31 heavy (non-hydrogen) atoms. The summed E-state index contributed by atoms with van der Waals surface area (Å²) in [6.07, 6.45) is -3.53. The van der Waals surface area contributed by atoms with Gasteiger partial charge in [0.2, 0.25) is 0 Å². The highest BCUT2D eigenvalue weighted by Crippen LogP contribution is 2.39. The van der Waals surface area contributed by atoms with E-state index in [1.165, 1.54) is 36.4 Å². The quantitative estimate of drug-likeness (QED) is 0.571. The number of nitrogens with one attached hydrogen (secondary N) is 1. The summed E-state index contributed by atoms with van der Waals surface area (Å²) in [5.74, 6) is -2.18. The topological polar surface area (TPSA) is 119 Å². The molecule has 1 atom stereocenters. The summed E-state index contributed by atoms with van der Waals surface area (Å²) in [5.41, 5.74) is 4.99. The maximum atomic E-state index is 13.5. The van der Waals surface area contributed by atoms with Crippen molar-refractivity contribution in [1.82, 2.24) is 5.32 Å². The number of thioether (sulfide) groups is 1. The standard InChI is InChI=1S/C20H15F3N2O5S/c21-20(22,23)13-7-11(8-14(24)18(27)28)3-6-15(13)30-12-4-1-10(2-5-12)9-16-17(26)25-19(29)31-16/h1-7,9,14H,8,24H2,(H,27,28)(H,25,26,29). The second-order valence-electron chi connectivity index (χ2n) is 6.50. The van der Waals surface area contributed by atoms with Crippen LogP contribution >= 0.6 is 11.8 Å². The Balaban J connectivity index is 1.81. The van der Waals surface area contributed by atoms with Crippen LogP contribution in [-0.4, -0.2) is 28.3 Å². The van der Waals surface area contributed by atoms with Gasteiger partial charge in [-0.3, -0.25) is 19.7 Å². The zero-order chi connectivity index (χ0) is 22.8. The van der Waals surface area contributed by atoms with Crippen molar-refractivity contribution in [3.63, 3.8) is 0 Å². The lowest BCUT2D eigenvalue weighted by atomic mass is 10.0. The van der Waals surface area contributed by atoms with Gasteiger partial charge >= 0.3 is 12.1 Å². The zero-order valence-corrected chi connectivity index (χ0v) is 16.4. The molecule has 2 amide bonds. The lowest BCUT2D eigenvalue weighted by Crippen LogP contribution is -2.32. The van der Waals surface area contributed by atoms with Gasteiger partial charge in [0.25, 0.3) is 11.1 Å². The third-order valence-electron chi connectivity index (χ3n) is 4.17. The van der Waals surface area contributed by atoms with Gasteiger partial charge in [-0.15, -0.1) is 0 Å². The van der Waals surface area contributed by atoms with E-state index in [4.69, 9.17) is 15.6 Å². The van der Waals surface area contributed by atoms with E-state index in [-0.39, 0.29) is 22.6 Å². The van der Waals surface area contributed by atoms with Gasteiger partial charge in [-0.05, 0) is 59.7 Å². The van der Waals surface area contributed by atoms with Gasteiger partial charge in [-0.25, -0.2) is 0 Å². The minimum absolute atomic E-state index is 0.110. The summed E-state index contributed by atoms with van der Waals surface area (Å²) in [4.78, 5) is 33.8. The fraction of sp³-hybridized carbons (Fsp3) is 0.150. The highest BCUT2D eigenvalue weighted by molar-refractivity contribution is 8.18. The molecule has 1 aliphatic heterocycles. The fourth-order valence-corrected chi connectivity index (χ4v) is 3.37. The number of halogens is 3. The number of imide groups is 1. The van der Waals surface area contributed by atoms with Crippen LogP contribution in [0.5, 0.6) is 11.5 Å². The second-order valence-corrected chi connectivity index (χ2v) is 7.52. The molecule has 1 heterocycles. The third kappa shape index (κ3) is 5.64. The molecule has 0 aliphatic carbocycles. The molecule has 0 saturated carbocycles. The van der Waals surface area contributed by atoms with Gasteiger partial charge in [-0.2, -0.15) is 13.2 Å². The molecule has 1 unspecified atom stereocenters. The Morgan fingerprint density at radius 1 is 1.19 bits per heavy atom. The van der Waals surface area contributed by atoms with Crippen LogP contribution in [0.25, 0.3) is 6.08 Å². The molecule has 4 N–H and O–H groups in total. The number of hydrogen-bond donors (Lipinski definition) is 3. The number of aliphatic carboxylic acids is 1. The predicted octanol–water partition coefficient (Wildman–Crippen LogP) is 3.78. The number of ether oxygens (including phenoxy) is 1. The molecule has 0 spiro atoms. The zero-order valence-electron chi connectivity index (χ0n) is 15.6. The van der Waals surface area contributed by atoms with Gasteiger partial charge < -0.3 is 15.6 Å². The molecule has 3 rings (SSSR count). The van der Waals surface area contributed by atoms with Crippen molar-refractivity contribution in [3.8, 4) is 11.5 Å². The summed E-state index contributed by atoms with van der Waals surface area (Å²) in [6.45, 7) is 0. The van der Waals surface area contributed by atoms with E-state index in [2.05, 4.69) is 5.32 Å². The minimum atomic E-state index is -4.73. The smallest absolute Gasteiger partial charge is 0.419 e. The molecule has 1 aliphatic rings. The Hall–Kier alpha value is -3.31. The van der Waals surface area contributed by atoms with Crippen molar-refractivity contribution in [1.29, 1.82) is 0 Å². The summed E-state index contributed by atoms with van der Waals surface area (Å²) in [6, 6.07) is 7.78. The van der Waals surface area contributed by atoms with Gasteiger partial charge in [0.15, 0.2) is 0 Å². The normalized spacial score (nSPS) is 16.3. The molecule has 1 saturated heterocycles. The maximum Gasteiger partial charge on any atom is 0.419 e. The van der Waals surface area contributed by atoms with Crippen molar-refractivity contribution in [3.05, 3.63) is 64.1 Å². The van der Waals surface area contributed by atoms with Crippen LogP contribution in [0.1, 0.15) is 16.7 Å². The van der Waals surface area contributed by atoms with Crippen LogP contribution in [0.3, 0.4) is 0 Å². The number of carbonyl (C=O) groups excluding carboxylic acids is 2. The van der Waals surface area contributed by atoms with Crippen molar-refractivity contribution in [2.75, 3.05) is 0 Å². The van der Waals surface area contributed by atoms with E-state index >= 15 is 0 Å². The van der Waals surface area contributed by atoms with Gasteiger partial charge in [-0.1, -0.05) is 18.2 Å². The fourth-order valence-electron chi connectivity index (χ4n) is 2.69. The average molecular weight is 452 g/mol. The Morgan fingerprint density at radius 3 is 2.42 bits per heavy atom. The highest BCUT2D eigenvalue weighted by atomic mass is 32.2. The monoisotopic (exact) mass is 452 g/mol. The van der Waals surface area contributed by atoms with Crippen molar-refractivity contribution in [2.24, 2.45) is 5.73 Å². The molecule has 1 fully saturated rings. The molecule has 11 heteroatoms. The van der Waals surface area contributed by atoms with Crippen molar-refractivity contribution < 1.29 is 37.4 Å². The van der Waals surface area contributed by atoms with Crippen LogP contribution < -0.4 is 15.8 Å². The molecule has 2 aromatic rings. The first-order valence-electron chi connectivity index (χ1n) is 8.74. The molecule has 0 radical (unpaired) electrons. The van der Waals surface area contributed by atoms with Gasteiger partial charge in [0.1, 0.15) is 17.5 Å². The van der Waals surface area contributed by atoms with Crippen LogP contribution in [0.4, 0.5) is 18.0 Å². The molecule has 162 valence electrons. The number of nitrogens with two attached hydrogens (primary N) is 1. The number of alkyl halides is 3. The Bertz CT molecular complexity index is 1070. The first kappa shape index (κ1) is 22.4. The molecule has 0 aromatic heterocycles. The van der Waals surface area contributed by atoms with Crippen LogP contribution in [-0.2, 0) is 22.2 Å². The van der Waals surface area contributed by atoms with E-state index in [9.17, 15) is 27.6 Å². The first-order valence-corrected chi connectivity index (χ1v) is 9.56. The van der Waals surface area contributed by atoms with Gasteiger partial charge in [0.05, 0.1) is 10.5 Å². The van der Waals surface area contributed by atoms with Gasteiger partial charge in [0, 0.05) is 0 Å².